The van der Waals surface area contributed by atoms with Gasteiger partial charge in [0.1, 0.15) is 5.82 Å². The fraction of sp³-hybridized carbons (Fsp3) is 0.278. The van der Waals surface area contributed by atoms with Crippen LogP contribution in [0, 0.1) is 5.82 Å². The predicted molar refractivity (Wildman–Crippen MR) is 103 cm³/mol. The van der Waals surface area contributed by atoms with Gasteiger partial charge in [-0.15, -0.1) is 0 Å². The van der Waals surface area contributed by atoms with Crippen LogP contribution < -0.4 is 5.32 Å². The molecule has 1 N–H and O–H groups in total. The third kappa shape index (κ3) is 4.53. The largest absolute Gasteiger partial charge is 0.348 e. The molecule has 0 aromatic heterocycles. The van der Waals surface area contributed by atoms with Crippen LogP contribution in [0.15, 0.2) is 47.4 Å². The van der Waals surface area contributed by atoms with Crippen LogP contribution >= 0.6 is 11.6 Å². The Kier molecular flexibility index (Phi) is 5.79. The molecule has 0 spiro atoms. The van der Waals surface area contributed by atoms with E-state index < -0.39 is 48.0 Å². The minimum atomic E-state index is -3.99. The molecular formula is C18H17ClFNO5S2. The summed E-state index contributed by atoms with van der Waals surface area (Å²) in [4.78, 5) is 12.1. The molecule has 1 atom stereocenters. The van der Waals surface area contributed by atoms with E-state index in [2.05, 4.69) is 5.32 Å². The number of benzene rings is 2. The van der Waals surface area contributed by atoms with Crippen molar-refractivity contribution >= 4 is 37.2 Å². The summed E-state index contributed by atoms with van der Waals surface area (Å²) in [6, 6.07) is 9.58. The summed E-state index contributed by atoms with van der Waals surface area (Å²) in [5.41, 5.74) is 0.314. The first-order valence-electron chi connectivity index (χ1n) is 8.35. The first kappa shape index (κ1) is 20.8. The van der Waals surface area contributed by atoms with Gasteiger partial charge in [-0.2, -0.15) is 0 Å². The van der Waals surface area contributed by atoms with E-state index in [-0.39, 0.29) is 23.6 Å². The summed E-state index contributed by atoms with van der Waals surface area (Å²) in [7, 11) is -7.40. The minimum absolute atomic E-state index is 0.0138. The van der Waals surface area contributed by atoms with Crippen molar-refractivity contribution in [1.82, 2.24) is 5.32 Å². The van der Waals surface area contributed by atoms with Gasteiger partial charge in [-0.25, -0.2) is 21.2 Å². The number of carbonyl (C=O) groups is 1. The molecule has 0 saturated carbocycles. The first-order valence-corrected chi connectivity index (χ1v) is 12.1. The molecule has 150 valence electrons. The van der Waals surface area contributed by atoms with Crippen molar-refractivity contribution in [3.8, 4) is 0 Å². The second kappa shape index (κ2) is 7.81. The highest BCUT2D eigenvalue weighted by Crippen LogP contribution is 2.26. The Morgan fingerprint density at radius 1 is 1.18 bits per heavy atom. The number of hydrogen-bond acceptors (Lipinski definition) is 5. The number of halogens is 2. The second-order valence-corrected chi connectivity index (χ2v) is 11.4. The van der Waals surface area contributed by atoms with Crippen LogP contribution in [0.5, 0.6) is 0 Å². The van der Waals surface area contributed by atoms with Crippen LogP contribution in [0.3, 0.4) is 0 Å². The Hall–Kier alpha value is -1.97. The molecule has 6 nitrogen and oxygen atoms in total. The van der Waals surface area contributed by atoms with Crippen LogP contribution in [0.4, 0.5) is 4.39 Å². The lowest BCUT2D eigenvalue weighted by Gasteiger charge is -2.12. The summed E-state index contributed by atoms with van der Waals surface area (Å²) in [6.45, 7) is 0.104. The van der Waals surface area contributed by atoms with E-state index >= 15 is 0 Å². The van der Waals surface area contributed by atoms with Crippen molar-refractivity contribution in [3.63, 3.8) is 0 Å². The maximum atomic E-state index is 14.1. The summed E-state index contributed by atoms with van der Waals surface area (Å²) in [5, 5.41) is 1.97. The van der Waals surface area contributed by atoms with Crippen molar-refractivity contribution in [3.05, 3.63) is 64.4 Å². The molecule has 1 heterocycles. The van der Waals surface area contributed by atoms with E-state index in [1.165, 1.54) is 0 Å². The van der Waals surface area contributed by atoms with Crippen LogP contribution in [-0.4, -0.2) is 39.5 Å². The van der Waals surface area contributed by atoms with Crippen molar-refractivity contribution in [1.29, 1.82) is 0 Å². The van der Waals surface area contributed by atoms with E-state index in [0.29, 0.717) is 5.02 Å². The fourth-order valence-corrected chi connectivity index (χ4v) is 7.44. The molecular weight excluding hydrogens is 429 g/mol. The number of amides is 1. The molecule has 1 aliphatic heterocycles. The molecule has 1 fully saturated rings. The molecule has 1 amide bonds. The van der Waals surface area contributed by atoms with Crippen molar-refractivity contribution in [2.24, 2.45) is 0 Å². The van der Waals surface area contributed by atoms with Crippen LogP contribution in [0.1, 0.15) is 22.3 Å². The SMILES string of the molecule is O=C(NCc1ccc(Cl)cc1)c1cc(S(=O)(=O)C2CCS(=O)(=O)C2)ccc1F. The number of carbonyl (C=O) groups excluding carboxylic acids is 1. The number of nitrogens with one attached hydrogen (secondary N) is 1. The van der Waals surface area contributed by atoms with Gasteiger partial charge in [0.15, 0.2) is 19.7 Å². The van der Waals surface area contributed by atoms with Gasteiger partial charge in [-0.1, -0.05) is 23.7 Å². The zero-order valence-corrected chi connectivity index (χ0v) is 16.9. The monoisotopic (exact) mass is 445 g/mol. The minimum Gasteiger partial charge on any atom is -0.348 e. The van der Waals surface area contributed by atoms with E-state index in [0.717, 1.165) is 23.8 Å². The van der Waals surface area contributed by atoms with Crippen molar-refractivity contribution in [2.45, 2.75) is 23.1 Å². The molecule has 0 radical (unpaired) electrons. The lowest BCUT2D eigenvalue weighted by atomic mass is 10.2. The Morgan fingerprint density at radius 2 is 1.86 bits per heavy atom. The smallest absolute Gasteiger partial charge is 0.254 e. The molecule has 1 saturated heterocycles. The molecule has 2 aromatic carbocycles. The molecule has 28 heavy (non-hydrogen) atoms. The molecule has 10 heteroatoms. The average molecular weight is 446 g/mol. The molecule has 1 unspecified atom stereocenters. The summed E-state index contributed by atoms with van der Waals surface area (Å²) < 4.78 is 62.7. The van der Waals surface area contributed by atoms with Crippen molar-refractivity contribution in [2.75, 3.05) is 11.5 Å². The van der Waals surface area contributed by atoms with E-state index in [4.69, 9.17) is 11.6 Å². The van der Waals surface area contributed by atoms with Gasteiger partial charge in [0.25, 0.3) is 5.91 Å². The van der Waals surface area contributed by atoms with Gasteiger partial charge < -0.3 is 5.32 Å². The van der Waals surface area contributed by atoms with Gasteiger partial charge in [-0.05, 0) is 42.3 Å². The van der Waals surface area contributed by atoms with Gasteiger partial charge in [-0.3, -0.25) is 4.79 Å². The second-order valence-electron chi connectivity index (χ2n) is 6.52. The third-order valence-corrected chi connectivity index (χ3v) is 8.93. The molecule has 3 rings (SSSR count). The molecule has 2 aromatic rings. The lowest BCUT2D eigenvalue weighted by molar-refractivity contribution is 0.0946. The maximum Gasteiger partial charge on any atom is 0.254 e. The number of rotatable bonds is 5. The van der Waals surface area contributed by atoms with E-state index in [1.807, 2.05) is 0 Å². The average Bonchev–Trinajstić information content (AvgIpc) is 3.02. The van der Waals surface area contributed by atoms with E-state index in [1.54, 1.807) is 24.3 Å². The summed E-state index contributed by atoms with van der Waals surface area (Å²) in [5.74, 6) is -2.31. The zero-order chi connectivity index (χ0) is 20.5. The van der Waals surface area contributed by atoms with Gasteiger partial charge in [0, 0.05) is 11.6 Å². The summed E-state index contributed by atoms with van der Waals surface area (Å²) >= 11 is 5.79. The fourth-order valence-electron chi connectivity index (χ4n) is 2.93. The molecule has 0 bridgehead atoms. The van der Waals surface area contributed by atoms with Crippen molar-refractivity contribution < 1.29 is 26.0 Å². The van der Waals surface area contributed by atoms with E-state index in [9.17, 15) is 26.0 Å². The van der Waals surface area contributed by atoms with Gasteiger partial charge in [0.05, 0.1) is 27.2 Å². The summed E-state index contributed by atoms with van der Waals surface area (Å²) in [6.07, 6.45) is -0.0138. The standard InChI is InChI=1S/C18H17ClFNO5S2/c19-13-3-1-12(2-4-13)10-21-18(22)16-9-14(5-6-17(16)20)28(25,26)15-7-8-27(23,24)11-15/h1-6,9,15H,7-8,10-11H2,(H,21,22). The number of sulfone groups is 2. The number of hydrogen-bond donors (Lipinski definition) is 1. The topological polar surface area (TPSA) is 97.4 Å². The Labute approximate surface area is 167 Å². The normalized spacial score (nSPS) is 18.7. The zero-order valence-electron chi connectivity index (χ0n) is 14.6. The highest BCUT2D eigenvalue weighted by molar-refractivity contribution is 7.96. The Balaban J connectivity index is 1.81. The molecule has 0 aliphatic carbocycles. The third-order valence-electron chi connectivity index (χ3n) is 4.51. The Morgan fingerprint density at radius 3 is 2.46 bits per heavy atom. The van der Waals surface area contributed by atoms with Gasteiger partial charge in [0.2, 0.25) is 0 Å². The highest BCUT2D eigenvalue weighted by atomic mass is 35.5. The first-order chi connectivity index (χ1) is 13.1. The van der Waals surface area contributed by atoms with Crippen LogP contribution in [-0.2, 0) is 26.2 Å². The highest BCUT2D eigenvalue weighted by Gasteiger charge is 2.38. The quantitative estimate of drug-likeness (QED) is 0.712. The maximum absolute atomic E-state index is 14.1. The predicted octanol–water partition coefficient (Wildman–Crippen LogP) is 2.37. The van der Waals surface area contributed by atoms with Crippen LogP contribution in [0.2, 0.25) is 5.02 Å². The van der Waals surface area contributed by atoms with Crippen LogP contribution in [0.25, 0.3) is 0 Å². The Bertz CT molecular complexity index is 1120. The lowest BCUT2D eigenvalue weighted by Crippen LogP contribution is -2.26. The molecule has 1 aliphatic rings. The van der Waals surface area contributed by atoms with Gasteiger partial charge >= 0.3 is 0 Å².